The van der Waals surface area contributed by atoms with Crippen LogP contribution < -0.4 is 15.4 Å². The lowest BCUT2D eigenvalue weighted by Gasteiger charge is -2.33. The molecule has 6 nitrogen and oxygen atoms in total. The fraction of sp³-hybridized carbons (Fsp3) is 0.304. The first-order valence-electron chi connectivity index (χ1n) is 10.1. The summed E-state index contributed by atoms with van der Waals surface area (Å²) in [5.74, 6) is 0.0863. The third kappa shape index (κ3) is 4.43. The fourth-order valence-electron chi connectivity index (χ4n) is 4.14. The van der Waals surface area contributed by atoms with Crippen LogP contribution in [0, 0.1) is 5.82 Å². The Morgan fingerprint density at radius 2 is 2.16 bits per heavy atom. The van der Waals surface area contributed by atoms with Crippen molar-refractivity contribution in [2.24, 2.45) is 7.05 Å². The molecule has 0 aliphatic carbocycles. The highest BCUT2D eigenvalue weighted by Gasteiger charge is 2.28. The average molecular weight is 443 g/mol. The quantitative estimate of drug-likeness (QED) is 0.631. The molecule has 1 aromatic heterocycles. The average Bonchev–Trinajstić information content (AvgIpc) is 3.11. The molecule has 3 aromatic rings. The molecule has 1 aliphatic rings. The van der Waals surface area contributed by atoms with Crippen molar-refractivity contribution < 1.29 is 13.9 Å². The minimum atomic E-state index is -0.268. The Morgan fingerprint density at radius 3 is 2.87 bits per heavy atom. The summed E-state index contributed by atoms with van der Waals surface area (Å²) in [5, 5.41) is 11.1. The number of nitrogens with one attached hydrogen (secondary N) is 2. The lowest BCUT2D eigenvalue weighted by molar-refractivity contribution is 0.0924. The summed E-state index contributed by atoms with van der Waals surface area (Å²) in [4.78, 5) is 13.0. The number of aromatic nitrogens is 2. The van der Waals surface area contributed by atoms with Gasteiger partial charge in [0.15, 0.2) is 0 Å². The fourth-order valence-corrected chi connectivity index (χ4v) is 4.41. The number of halogens is 2. The highest BCUT2D eigenvalue weighted by atomic mass is 35.5. The summed E-state index contributed by atoms with van der Waals surface area (Å²) in [7, 11) is 3.35. The van der Waals surface area contributed by atoms with Crippen LogP contribution in [0.1, 0.15) is 28.3 Å². The summed E-state index contributed by atoms with van der Waals surface area (Å²) in [5.41, 5.74) is 2.84. The first kappa shape index (κ1) is 21.3. The first-order valence-corrected chi connectivity index (χ1v) is 10.5. The van der Waals surface area contributed by atoms with Crippen LogP contribution >= 0.6 is 11.6 Å². The third-order valence-corrected chi connectivity index (χ3v) is 5.96. The number of benzene rings is 2. The largest absolute Gasteiger partial charge is 0.496 e. The predicted molar refractivity (Wildman–Crippen MR) is 118 cm³/mol. The van der Waals surface area contributed by atoms with Gasteiger partial charge in [-0.05, 0) is 48.9 Å². The molecule has 2 heterocycles. The van der Waals surface area contributed by atoms with Gasteiger partial charge in [0, 0.05) is 36.7 Å². The van der Waals surface area contributed by atoms with Crippen molar-refractivity contribution in [1.82, 2.24) is 20.4 Å². The number of methoxy groups -OCH3 is 1. The molecule has 1 aliphatic heterocycles. The van der Waals surface area contributed by atoms with Crippen molar-refractivity contribution in [2.75, 3.05) is 20.2 Å². The van der Waals surface area contributed by atoms with Crippen LogP contribution in [0.25, 0.3) is 11.3 Å². The van der Waals surface area contributed by atoms with Crippen molar-refractivity contribution >= 4 is 17.5 Å². The van der Waals surface area contributed by atoms with E-state index in [-0.39, 0.29) is 23.7 Å². The second-order valence-corrected chi connectivity index (χ2v) is 8.02. The number of hydrogen-bond donors (Lipinski definition) is 2. The molecule has 2 atom stereocenters. The Morgan fingerprint density at radius 1 is 1.32 bits per heavy atom. The Kier molecular flexibility index (Phi) is 6.25. The molecule has 0 saturated carbocycles. The van der Waals surface area contributed by atoms with E-state index in [0.29, 0.717) is 28.6 Å². The molecular formula is C23H24ClFN4O2. The van der Waals surface area contributed by atoms with Gasteiger partial charge in [-0.3, -0.25) is 9.48 Å². The van der Waals surface area contributed by atoms with Crippen molar-refractivity contribution in [3.05, 3.63) is 70.6 Å². The van der Waals surface area contributed by atoms with Crippen molar-refractivity contribution in [2.45, 2.75) is 18.4 Å². The zero-order valence-electron chi connectivity index (χ0n) is 17.4. The van der Waals surface area contributed by atoms with Gasteiger partial charge in [-0.2, -0.15) is 5.10 Å². The third-order valence-electron chi connectivity index (χ3n) is 5.69. The molecule has 2 aromatic carbocycles. The predicted octanol–water partition coefficient (Wildman–Crippen LogP) is 3.76. The molecule has 1 unspecified atom stereocenters. The molecule has 1 fully saturated rings. The van der Waals surface area contributed by atoms with Gasteiger partial charge in [0.25, 0.3) is 5.91 Å². The van der Waals surface area contributed by atoms with Crippen molar-refractivity contribution in [3.8, 4) is 17.0 Å². The van der Waals surface area contributed by atoms with Crippen LogP contribution in [0.4, 0.5) is 4.39 Å². The van der Waals surface area contributed by atoms with Gasteiger partial charge in [0.1, 0.15) is 11.6 Å². The van der Waals surface area contributed by atoms with E-state index >= 15 is 0 Å². The molecule has 0 bridgehead atoms. The molecule has 162 valence electrons. The van der Waals surface area contributed by atoms with Gasteiger partial charge in [-0.1, -0.05) is 23.7 Å². The van der Waals surface area contributed by atoms with E-state index < -0.39 is 0 Å². The Hall–Kier alpha value is -2.90. The Bertz CT molecular complexity index is 1080. The molecule has 31 heavy (non-hydrogen) atoms. The van der Waals surface area contributed by atoms with Crippen LogP contribution in [-0.2, 0) is 7.05 Å². The van der Waals surface area contributed by atoms with Gasteiger partial charge in [-0.25, -0.2) is 4.39 Å². The highest BCUT2D eigenvalue weighted by Crippen LogP contribution is 2.35. The van der Waals surface area contributed by atoms with E-state index in [1.807, 2.05) is 6.07 Å². The van der Waals surface area contributed by atoms with E-state index in [4.69, 9.17) is 16.3 Å². The van der Waals surface area contributed by atoms with Crippen molar-refractivity contribution in [1.29, 1.82) is 0 Å². The summed E-state index contributed by atoms with van der Waals surface area (Å²) >= 11 is 6.27. The number of carbonyl (C=O) groups is 1. The van der Waals surface area contributed by atoms with Crippen LogP contribution in [0.2, 0.25) is 5.02 Å². The smallest absolute Gasteiger partial charge is 0.251 e. The number of amides is 1. The molecule has 4 rings (SSSR count). The van der Waals surface area contributed by atoms with Gasteiger partial charge in [-0.15, -0.1) is 0 Å². The summed E-state index contributed by atoms with van der Waals surface area (Å²) < 4.78 is 20.9. The number of aryl methyl sites for hydroxylation is 1. The van der Waals surface area contributed by atoms with Crippen LogP contribution in [0.3, 0.4) is 0 Å². The van der Waals surface area contributed by atoms with Crippen LogP contribution in [0.5, 0.6) is 5.75 Å². The van der Waals surface area contributed by atoms with Crippen LogP contribution in [0.15, 0.2) is 48.7 Å². The molecule has 0 radical (unpaired) electrons. The first-order chi connectivity index (χ1) is 15.0. The second-order valence-electron chi connectivity index (χ2n) is 7.61. The van der Waals surface area contributed by atoms with E-state index in [1.165, 1.54) is 6.07 Å². The van der Waals surface area contributed by atoms with Crippen LogP contribution in [-0.4, -0.2) is 41.9 Å². The van der Waals surface area contributed by atoms with Gasteiger partial charge in [0.05, 0.1) is 24.0 Å². The molecule has 2 N–H and O–H groups in total. The molecule has 0 spiro atoms. The van der Waals surface area contributed by atoms with Gasteiger partial charge >= 0.3 is 0 Å². The maximum atomic E-state index is 13.7. The van der Waals surface area contributed by atoms with E-state index in [2.05, 4.69) is 15.7 Å². The lowest BCUT2D eigenvalue weighted by atomic mass is 9.86. The van der Waals surface area contributed by atoms with Crippen molar-refractivity contribution in [3.63, 3.8) is 0 Å². The minimum absolute atomic E-state index is 0.0373. The maximum absolute atomic E-state index is 13.7. The number of nitrogens with zero attached hydrogens (tertiary/aromatic N) is 2. The second kappa shape index (κ2) is 9.08. The Balaban J connectivity index is 1.57. The van der Waals surface area contributed by atoms with E-state index in [9.17, 15) is 9.18 Å². The zero-order chi connectivity index (χ0) is 22.0. The normalized spacial score (nSPS) is 18.6. The molecule has 8 heteroatoms. The number of piperidine rings is 1. The number of carbonyl (C=O) groups excluding carboxylic acids is 1. The SMILES string of the molecule is COc1cc(C(=O)N[C@@H]2CNCCC2c2cccc(F)c2)ccc1-c1c(Cl)cnn1C. The van der Waals surface area contributed by atoms with Gasteiger partial charge in [0.2, 0.25) is 0 Å². The van der Waals surface area contributed by atoms with E-state index in [0.717, 1.165) is 24.1 Å². The Labute approximate surface area is 185 Å². The number of rotatable bonds is 5. The molecular weight excluding hydrogens is 419 g/mol. The summed E-state index contributed by atoms with van der Waals surface area (Å²) in [6.07, 6.45) is 2.38. The minimum Gasteiger partial charge on any atom is -0.496 e. The standard InChI is InChI=1S/C23H24ClFN4O2/c1-29-22(19(24)12-27-29)18-7-6-15(11-21(18)31-2)23(30)28-20-13-26-9-8-17(20)14-4-3-5-16(25)10-14/h3-7,10-12,17,20,26H,8-9,13H2,1-2H3,(H,28,30)/t17?,20-/m1/s1. The monoisotopic (exact) mass is 442 g/mol. The maximum Gasteiger partial charge on any atom is 0.251 e. The topological polar surface area (TPSA) is 68.2 Å². The number of hydrogen-bond acceptors (Lipinski definition) is 4. The summed E-state index contributed by atoms with van der Waals surface area (Å²) in [6.45, 7) is 1.44. The summed E-state index contributed by atoms with van der Waals surface area (Å²) in [6, 6.07) is 11.7. The molecule has 1 amide bonds. The van der Waals surface area contributed by atoms with Gasteiger partial charge < -0.3 is 15.4 Å². The number of ether oxygens (including phenoxy) is 1. The van der Waals surface area contributed by atoms with E-state index in [1.54, 1.807) is 55.4 Å². The highest BCUT2D eigenvalue weighted by molar-refractivity contribution is 6.33. The lowest BCUT2D eigenvalue weighted by Crippen LogP contribution is -2.50. The zero-order valence-corrected chi connectivity index (χ0v) is 18.1. The molecule has 1 saturated heterocycles.